The molecule has 1 fully saturated rings. The van der Waals surface area contributed by atoms with Gasteiger partial charge in [0.1, 0.15) is 0 Å². The van der Waals surface area contributed by atoms with Crippen molar-refractivity contribution in [2.24, 2.45) is 0 Å². The average molecular weight is 362 g/mol. The van der Waals surface area contributed by atoms with Gasteiger partial charge in [-0.15, -0.1) is 11.3 Å². The number of rotatable bonds is 6. The third-order valence-electron chi connectivity index (χ3n) is 4.03. The number of thiophene rings is 1. The van der Waals surface area contributed by atoms with Crippen molar-refractivity contribution < 1.29 is 14.0 Å². The van der Waals surface area contributed by atoms with Crippen LogP contribution in [0.25, 0.3) is 0 Å². The van der Waals surface area contributed by atoms with Crippen molar-refractivity contribution in [3.8, 4) is 0 Å². The molecule has 134 valence electrons. The van der Waals surface area contributed by atoms with Crippen LogP contribution in [-0.4, -0.2) is 56.0 Å². The zero-order valence-electron chi connectivity index (χ0n) is 14.1. The largest absolute Gasteiger partial charge is 0.459 e. The maximum absolute atomic E-state index is 12.4. The Morgan fingerprint density at radius 2 is 2.12 bits per heavy atom. The molecule has 3 N–H and O–H groups in total. The van der Waals surface area contributed by atoms with Crippen LogP contribution in [0, 0.1) is 6.92 Å². The van der Waals surface area contributed by atoms with E-state index in [4.69, 9.17) is 4.42 Å². The first-order valence-corrected chi connectivity index (χ1v) is 9.11. The van der Waals surface area contributed by atoms with Crippen molar-refractivity contribution in [1.82, 2.24) is 15.5 Å². The molecule has 0 radical (unpaired) electrons. The molecule has 0 aliphatic carbocycles. The van der Waals surface area contributed by atoms with Crippen molar-refractivity contribution in [2.45, 2.75) is 6.92 Å². The molecule has 25 heavy (non-hydrogen) atoms. The number of amides is 2. The van der Waals surface area contributed by atoms with Crippen molar-refractivity contribution in [1.29, 1.82) is 0 Å². The quantitative estimate of drug-likeness (QED) is 0.726. The van der Waals surface area contributed by atoms with Gasteiger partial charge in [0.25, 0.3) is 11.8 Å². The zero-order chi connectivity index (χ0) is 17.6. The zero-order valence-corrected chi connectivity index (χ0v) is 14.9. The maximum Gasteiger partial charge on any atom is 0.291 e. The predicted octanol–water partition coefficient (Wildman–Crippen LogP) is 1.54. The molecular formula is C17H22N4O3S. The topological polar surface area (TPSA) is 86.6 Å². The molecule has 0 saturated carbocycles. The SMILES string of the molecule is Cc1cc(NC(=O)c2ccco2)sc1C(=O)NCCN1CCNCC1. The second-order valence-corrected chi connectivity index (χ2v) is 6.95. The molecule has 1 saturated heterocycles. The standard InChI is InChI=1S/C17H22N4O3S/c1-12-11-14(20-16(22)13-3-2-10-24-13)25-15(12)17(23)19-6-9-21-7-4-18-5-8-21/h2-3,10-11,18H,4-9H2,1H3,(H,19,23)(H,20,22). The number of nitrogens with zero attached hydrogens (tertiary/aromatic N) is 1. The van der Waals surface area contributed by atoms with Gasteiger partial charge in [-0.2, -0.15) is 0 Å². The van der Waals surface area contributed by atoms with Gasteiger partial charge in [-0.05, 0) is 30.7 Å². The summed E-state index contributed by atoms with van der Waals surface area (Å²) in [6.45, 7) is 7.34. The monoisotopic (exact) mass is 362 g/mol. The number of anilines is 1. The minimum Gasteiger partial charge on any atom is -0.459 e. The second kappa shape index (κ2) is 8.28. The van der Waals surface area contributed by atoms with Crippen molar-refractivity contribution in [3.63, 3.8) is 0 Å². The lowest BCUT2D eigenvalue weighted by Gasteiger charge is -2.27. The molecule has 2 aromatic rings. The van der Waals surface area contributed by atoms with E-state index < -0.39 is 0 Å². The fraction of sp³-hybridized carbons (Fsp3) is 0.412. The van der Waals surface area contributed by atoms with Gasteiger partial charge in [-0.3, -0.25) is 14.5 Å². The van der Waals surface area contributed by atoms with E-state index in [1.54, 1.807) is 18.2 Å². The number of aryl methyl sites for hydroxylation is 1. The van der Waals surface area contributed by atoms with E-state index in [1.165, 1.54) is 17.6 Å². The van der Waals surface area contributed by atoms with E-state index in [0.29, 0.717) is 16.4 Å². The first-order valence-electron chi connectivity index (χ1n) is 8.30. The average Bonchev–Trinajstić information content (AvgIpc) is 3.25. The number of furan rings is 1. The summed E-state index contributed by atoms with van der Waals surface area (Å²) in [4.78, 5) is 27.3. The molecule has 0 atom stereocenters. The molecule has 3 heterocycles. The third kappa shape index (κ3) is 4.68. The first kappa shape index (κ1) is 17.7. The van der Waals surface area contributed by atoms with Crippen molar-refractivity contribution >= 4 is 28.2 Å². The van der Waals surface area contributed by atoms with Crippen molar-refractivity contribution in [2.75, 3.05) is 44.6 Å². The molecule has 0 aromatic carbocycles. The minimum absolute atomic E-state index is 0.101. The second-order valence-electron chi connectivity index (χ2n) is 5.90. The van der Waals surface area contributed by atoms with Crippen LogP contribution >= 0.6 is 11.3 Å². The van der Waals surface area contributed by atoms with E-state index >= 15 is 0 Å². The van der Waals surface area contributed by atoms with Crippen LogP contribution in [0.15, 0.2) is 28.9 Å². The predicted molar refractivity (Wildman–Crippen MR) is 97.4 cm³/mol. The Hall–Kier alpha value is -2.16. The van der Waals surface area contributed by atoms with E-state index in [9.17, 15) is 9.59 Å². The van der Waals surface area contributed by atoms with Gasteiger partial charge in [0.05, 0.1) is 16.1 Å². The highest BCUT2D eigenvalue weighted by molar-refractivity contribution is 7.18. The molecule has 2 aromatic heterocycles. The van der Waals surface area contributed by atoms with E-state index in [1.807, 2.05) is 6.92 Å². The van der Waals surface area contributed by atoms with Gasteiger partial charge in [0.15, 0.2) is 5.76 Å². The fourth-order valence-corrected chi connectivity index (χ4v) is 3.68. The summed E-state index contributed by atoms with van der Waals surface area (Å²) >= 11 is 1.27. The lowest BCUT2D eigenvalue weighted by molar-refractivity contribution is 0.0949. The van der Waals surface area contributed by atoms with Crippen LogP contribution in [0.1, 0.15) is 25.8 Å². The Morgan fingerprint density at radius 3 is 2.84 bits per heavy atom. The van der Waals surface area contributed by atoms with Crippen molar-refractivity contribution in [3.05, 3.63) is 40.7 Å². The third-order valence-corrected chi connectivity index (χ3v) is 5.18. The lowest BCUT2D eigenvalue weighted by atomic mass is 10.2. The molecule has 0 unspecified atom stereocenters. The summed E-state index contributed by atoms with van der Waals surface area (Å²) in [7, 11) is 0. The van der Waals surface area contributed by atoms with Crippen LogP contribution in [-0.2, 0) is 0 Å². The normalized spacial score (nSPS) is 15.1. The highest BCUT2D eigenvalue weighted by Gasteiger charge is 2.17. The summed E-state index contributed by atoms with van der Waals surface area (Å²) in [5.41, 5.74) is 0.847. The number of hydrogen-bond acceptors (Lipinski definition) is 6. The Bertz CT molecular complexity index is 720. The summed E-state index contributed by atoms with van der Waals surface area (Å²) in [5.74, 6) is -0.180. The van der Waals surface area contributed by atoms with Gasteiger partial charge >= 0.3 is 0 Å². The number of carbonyl (C=O) groups excluding carboxylic acids is 2. The van der Waals surface area contributed by atoms with Crippen LogP contribution in [0.4, 0.5) is 5.00 Å². The molecule has 1 aliphatic rings. The van der Waals surface area contributed by atoms with E-state index in [2.05, 4.69) is 20.9 Å². The van der Waals surface area contributed by atoms with E-state index in [-0.39, 0.29) is 17.6 Å². The molecule has 8 heteroatoms. The molecule has 0 bridgehead atoms. The van der Waals surface area contributed by atoms with Gasteiger partial charge in [0.2, 0.25) is 0 Å². The van der Waals surface area contributed by atoms with Gasteiger partial charge < -0.3 is 20.4 Å². The van der Waals surface area contributed by atoms with Gasteiger partial charge in [-0.1, -0.05) is 0 Å². The summed E-state index contributed by atoms with van der Waals surface area (Å²) in [6, 6.07) is 5.06. The molecule has 0 spiro atoms. The number of carbonyl (C=O) groups is 2. The van der Waals surface area contributed by atoms with Crippen LogP contribution < -0.4 is 16.0 Å². The van der Waals surface area contributed by atoms with E-state index in [0.717, 1.165) is 38.3 Å². The summed E-state index contributed by atoms with van der Waals surface area (Å²) < 4.78 is 5.07. The minimum atomic E-state index is -0.322. The number of nitrogens with one attached hydrogen (secondary N) is 3. The van der Waals surface area contributed by atoms with Crippen LogP contribution in [0.3, 0.4) is 0 Å². The lowest BCUT2D eigenvalue weighted by Crippen LogP contribution is -2.46. The molecule has 7 nitrogen and oxygen atoms in total. The molecular weight excluding hydrogens is 340 g/mol. The van der Waals surface area contributed by atoms with Crippen LogP contribution in [0.5, 0.6) is 0 Å². The Labute approximate surface area is 150 Å². The Morgan fingerprint density at radius 1 is 1.32 bits per heavy atom. The highest BCUT2D eigenvalue weighted by Crippen LogP contribution is 2.27. The van der Waals surface area contributed by atoms with Gasteiger partial charge in [0, 0.05) is 39.3 Å². The number of hydrogen-bond donors (Lipinski definition) is 3. The first-order chi connectivity index (χ1) is 12.1. The fourth-order valence-electron chi connectivity index (χ4n) is 2.69. The molecule has 1 aliphatic heterocycles. The smallest absolute Gasteiger partial charge is 0.291 e. The van der Waals surface area contributed by atoms with Crippen LogP contribution in [0.2, 0.25) is 0 Å². The Balaban J connectivity index is 1.52. The molecule has 2 amide bonds. The maximum atomic E-state index is 12.4. The Kier molecular flexibility index (Phi) is 5.85. The van der Waals surface area contributed by atoms with Gasteiger partial charge in [-0.25, -0.2) is 0 Å². The summed E-state index contributed by atoms with van der Waals surface area (Å²) in [5, 5.41) is 9.66. The molecule has 3 rings (SSSR count). The highest BCUT2D eigenvalue weighted by atomic mass is 32.1. The summed E-state index contributed by atoms with van der Waals surface area (Å²) in [6.07, 6.45) is 1.45. The number of piperazine rings is 1.